The Morgan fingerprint density at radius 3 is 2.21 bits per heavy atom. The summed E-state index contributed by atoms with van der Waals surface area (Å²) in [4.78, 5) is 32.7. The minimum absolute atomic E-state index is 0.0528. The Morgan fingerprint density at radius 1 is 0.941 bits per heavy atom. The van der Waals surface area contributed by atoms with E-state index in [-0.39, 0.29) is 16.7 Å². The van der Waals surface area contributed by atoms with E-state index in [0.717, 1.165) is 22.3 Å². The number of aromatic nitrogens is 1. The van der Waals surface area contributed by atoms with Gasteiger partial charge in [-0.1, -0.05) is 45.0 Å². The summed E-state index contributed by atoms with van der Waals surface area (Å²) in [5.41, 5.74) is 5.38. The number of rotatable bonds is 3. The molecule has 1 saturated heterocycles. The van der Waals surface area contributed by atoms with E-state index in [2.05, 4.69) is 25.8 Å². The third kappa shape index (κ3) is 4.14. The molecule has 0 spiro atoms. The summed E-state index contributed by atoms with van der Waals surface area (Å²) < 4.78 is 0. The molecule has 174 valence electrons. The molecule has 1 fully saturated rings. The van der Waals surface area contributed by atoms with Crippen molar-refractivity contribution < 1.29 is 14.7 Å². The molecule has 3 aromatic rings. The van der Waals surface area contributed by atoms with Crippen LogP contribution in [-0.2, 0) is 15.0 Å². The van der Waals surface area contributed by atoms with E-state index in [1.54, 1.807) is 18.3 Å². The van der Waals surface area contributed by atoms with Gasteiger partial charge in [-0.25, -0.2) is 0 Å². The van der Waals surface area contributed by atoms with Crippen molar-refractivity contribution in [1.29, 1.82) is 0 Å². The van der Waals surface area contributed by atoms with E-state index in [1.807, 2.05) is 63.2 Å². The van der Waals surface area contributed by atoms with E-state index in [1.165, 1.54) is 4.90 Å². The first-order chi connectivity index (χ1) is 16.0. The number of benzene rings is 2. The lowest BCUT2D eigenvalue weighted by molar-refractivity contribution is -0.132. The zero-order chi connectivity index (χ0) is 24.8. The number of aliphatic hydroxyl groups excluding tert-OH is 1. The number of pyridine rings is 1. The lowest BCUT2D eigenvalue weighted by Gasteiger charge is -2.25. The molecule has 5 nitrogen and oxygen atoms in total. The third-order valence-corrected chi connectivity index (χ3v) is 6.26. The fraction of sp³-hybridized carbons (Fsp3) is 0.276. The smallest absolute Gasteiger partial charge is 0.300 e. The van der Waals surface area contributed by atoms with Crippen LogP contribution in [0, 0.1) is 20.8 Å². The van der Waals surface area contributed by atoms with E-state index >= 15 is 0 Å². The van der Waals surface area contributed by atoms with Crippen LogP contribution in [0.5, 0.6) is 0 Å². The molecule has 1 aliphatic rings. The number of carbonyl (C=O) groups is 2. The molecule has 1 atom stereocenters. The number of aryl methyl sites for hydroxylation is 3. The van der Waals surface area contributed by atoms with Gasteiger partial charge in [-0.15, -0.1) is 0 Å². The first-order valence-corrected chi connectivity index (χ1v) is 11.4. The summed E-state index contributed by atoms with van der Waals surface area (Å²) in [5, 5.41) is 11.5. The quantitative estimate of drug-likeness (QED) is 0.302. The van der Waals surface area contributed by atoms with Gasteiger partial charge in [-0.2, -0.15) is 0 Å². The van der Waals surface area contributed by atoms with Crippen molar-refractivity contribution in [2.24, 2.45) is 0 Å². The largest absolute Gasteiger partial charge is 0.507 e. The lowest BCUT2D eigenvalue weighted by Crippen LogP contribution is -2.30. The Balaban J connectivity index is 1.99. The van der Waals surface area contributed by atoms with Crippen molar-refractivity contribution >= 4 is 23.1 Å². The predicted molar refractivity (Wildman–Crippen MR) is 135 cm³/mol. The molecule has 34 heavy (non-hydrogen) atoms. The molecular formula is C29H30N2O3. The summed E-state index contributed by atoms with van der Waals surface area (Å²) in [6, 6.07) is 16.2. The number of nitrogens with zero attached hydrogens (tertiary/aromatic N) is 2. The van der Waals surface area contributed by atoms with Crippen LogP contribution in [0.1, 0.15) is 60.3 Å². The molecule has 1 unspecified atom stereocenters. The Hall–Kier alpha value is -3.73. The van der Waals surface area contributed by atoms with Crippen molar-refractivity contribution in [2.75, 3.05) is 4.90 Å². The molecule has 5 heteroatoms. The maximum absolute atomic E-state index is 13.4. The summed E-state index contributed by atoms with van der Waals surface area (Å²) in [6.07, 6.45) is 1.63. The Labute approximate surface area is 200 Å². The highest BCUT2D eigenvalue weighted by Gasteiger charge is 2.47. The van der Waals surface area contributed by atoms with Crippen molar-refractivity contribution in [2.45, 2.75) is 53.0 Å². The van der Waals surface area contributed by atoms with E-state index in [9.17, 15) is 14.7 Å². The molecule has 2 aromatic carbocycles. The van der Waals surface area contributed by atoms with Crippen LogP contribution in [0.25, 0.3) is 5.76 Å². The van der Waals surface area contributed by atoms with Gasteiger partial charge in [0.05, 0.1) is 11.3 Å². The minimum atomic E-state index is -0.833. The Bertz CT molecular complexity index is 1300. The molecule has 1 aliphatic heterocycles. The monoisotopic (exact) mass is 454 g/mol. The molecule has 1 N–H and O–H groups in total. The lowest BCUT2D eigenvalue weighted by atomic mass is 9.84. The number of Topliss-reactive ketones (excluding diaryl/α,β-unsaturated/α-hetero) is 1. The highest BCUT2D eigenvalue weighted by Crippen LogP contribution is 2.42. The second-order valence-electron chi connectivity index (χ2n) is 10.0. The summed E-state index contributed by atoms with van der Waals surface area (Å²) in [5.74, 6) is -1.57. The molecule has 2 heterocycles. The fourth-order valence-electron chi connectivity index (χ4n) is 4.49. The molecule has 1 amide bonds. The molecule has 0 aliphatic carbocycles. The number of hydrogen-bond acceptors (Lipinski definition) is 4. The number of ketones is 1. The Kier molecular flexibility index (Phi) is 5.90. The van der Waals surface area contributed by atoms with Gasteiger partial charge in [-0.3, -0.25) is 19.5 Å². The highest BCUT2D eigenvalue weighted by molar-refractivity contribution is 6.51. The van der Waals surface area contributed by atoms with Gasteiger partial charge < -0.3 is 5.11 Å². The summed E-state index contributed by atoms with van der Waals surface area (Å²) in [6.45, 7) is 12.1. The number of hydrogen-bond donors (Lipinski definition) is 1. The zero-order valence-electron chi connectivity index (χ0n) is 20.5. The van der Waals surface area contributed by atoms with E-state index < -0.39 is 17.7 Å². The van der Waals surface area contributed by atoms with Crippen molar-refractivity contribution in [3.05, 3.63) is 99.9 Å². The van der Waals surface area contributed by atoms with E-state index in [4.69, 9.17) is 0 Å². The second-order valence-corrected chi connectivity index (χ2v) is 10.0. The van der Waals surface area contributed by atoms with Crippen LogP contribution in [-0.4, -0.2) is 21.8 Å². The van der Waals surface area contributed by atoms with Crippen molar-refractivity contribution in [3.8, 4) is 0 Å². The van der Waals surface area contributed by atoms with Gasteiger partial charge in [0.25, 0.3) is 11.7 Å². The summed E-state index contributed by atoms with van der Waals surface area (Å²) >= 11 is 0. The molecule has 0 saturated carbocycles. The zero-order valence-corrected chi connectivity index (χ0v) is 20.5. The van der Waals surface area contributed by atoms with Gasteiger partial charge in [0.15, 0.2) is 0 Å². The fourth-order valence-corrected chi connectivity index (χ4v) is 4.49. The van der Waals surface area contributed by atoms with Crippen LogP contribution < -0.4 is 4.90 Å². The van der Waals surface area contributed by atoms with Gasteiger partial charge in [0.1, 0.15) is 11.8 Å². The molecule has 0 radical (unpaired) electrons. The third-order valence-electron chi connectivity index (χ3n) is 6.26. The first kappa shape index (κ1) is 23.4. The van der Waals surface area contributed by atoms with Crippen LogP contribution in [0.2, 0.25) is 0 Å². The minimum Gasteiger partial charge on any atom is -0.507 e. The average molecular weight is 455 g/mol. The van der Waals surface area contributed by atoms with Crippen LogP contribution >= 0.6 is 0 Å². The number of anilines is 1. The summed E-state index contributed by atoms with van der Waals surface area (Å²) in [7, 11) is 0. The Morgan fingerprint density at radius 2 is 1.62 bits per heavy atom. The van der Waals surface area contributed by atoms with Crippen LogP contribution in [0.3, 0.4) is 0 Å². The number of amides is 1. The highest BCUT2D eigenvalue weighted by atomic mass is 16.3. The van der Waals surface area contributed by atoms with Gasteiger partial charge in [-0.05, 0) is 78.8 Å². The predicted octanol–water partition coefficient (Wildman–Crippen LogP) is 5.93. The molecular weight excluding hydrogens is 424 g/mol. The van der Waals surface area contributed by atoms with Crippen LogP contribution in [0.15, 0.2) is 66.4 Å². The van der Waals surface area contributed by atoms with Crippen molar-refractivity contribution in [1.82, 2.24) is 4.98 Å². The standard InChI is InChI=1S/C29H30N2O3/c1-17-13-18(2)15-21(14-17)31-25(23-9-7-8-12-30-23)24(27(33)28(31)34)26(32)22-16-20(29(4,5)6)11-10-19(22)3/h7-16,25,32H,1-6H3/b26-24+. The van der Waals surface area contributed by atoms with E-state index in [0.29, 0.717) is 16.9 Å². The van der Waals surface area contributed by atoms with Gasteiger partial charge in [0, 0.05) is 17.4 Å². The average Bonchev–Trinajstić information content (AvgIpc) is 3.03. The van der Waals surface area contributed by atoms with Gasteiger partial charge >= 0.3 is 0 Å². The normalized spacial score (nSPS) is 17.9. The molecule has 0 bridgehead atoms. The number of carbonyl (C=O) groups excluding carboxylic acids is 2. The topological polar surface area (TPSA) is 70.5 Å². The maximum atomic E-state index is 13.4. The SMILES string of the molecule is Cc1cc(C)cc(N2C(=O)C(=O)/C(=C(/O)c3cc(C(C)(C)C)ccc3C)C2c2ccccn2)c1. The maximum Gasteiger partial charge on any atom is 0.300 e. The first-order valence-electron chi connectivity index (χ1n) is 11.4. The number of aliphatic hydroxyl groups is 1. The molecule has 1 aromatic heterocycles. The molecule has 4 rings (SSSR count). The second kappa shape index (κ2) is 8.56. The van der Waals surface area contributed by atoms with Gasteiger partial charge in [0.2, 0.25) is 0 Å². The van der Waals surface area contributed by atoms with Crippen LogP contribution in [0.4, 0.5) is 5.69 Å². The van der Waals surface area contributed by atoms with Crippen molar-refractivity contribution in [3.63, 3.8) is 0 Å².